The van der Waals surface area contributed by atoms with E-state index in [9.17, 15) is 4.79 Å². The van der Waals surface area contributed by atoms with Crippen LogP contribution in [-0.2, 0) is 4.79 Å². The molecule has 2 rings (SSSR count). The lowest BCUT2D eigenvalue weighted by Crippen LogP contribution is -2.37. The van der Waals surface area contributed by atoms with Gasteiger partial charge in [0.15, 0.2) is 17.6 Å². The third kappa shape index (κ3) is 5.89. The summed E-state index contributed by atoms with van der Waals surface area (Å²) in [6, 6.07) is 9.62. The van der Waals surface area contributed by atoms with E-state index < -0.39 is 6.10 Å². The Balaban J connectivity index is 2.09. The van der Waals surface area contributed by atoms with Crippen LogP contribution in [-0.4, -0.2) is 25.2 Å². The number of carbonyl (C=O) groups excluding carboxylic acids is 1. The van der Waals surface area contributed by atoms with E-state index in [-0.39, 0.29) is 11.9 Å². The number of aryl methyl sites for hydroxylation is 2. The van der Waals surface area contributed by atoms with Crippen LogP contribution in [0.2, 0.25) is 0 Å². The molecule has 0 aliphatic rings. The Morgan fingerprint density at radius 2 is 1.59 bits per heavy atom. The highest BCUT2D eigenvalue weighted by Gasteiger charge is 2.20. The van der Waals surface area contributed by atoms with Crippen LogP contribution < -0.4 is 19.5 Å². The van der Waals surface area contributed by atoms with Crippen LogP contribution in [0.4, 0.5) is 0 Å². The van der Waals surface area contributed by atoms with Gasteiger partial charge < -0.3 is 19.5 Å². The largest absolute Gasteiger partial charge is 0.490 e. The molecule has 0 bridgehead atoms. The van der Waals surface area contributed by atoms with Gasteiger partial charge in [0.2, 0.25) is 0 Å². The van der Waals surface area contributed by atoms with Gasteiger partial charge >= 0.3 is 0 Å². The molecule has 1 amide bonds. The fraction of sp³-hybridized carbons (Fsp3) is 0.458. The van der Waals surface area contributed by atoms with E-state index in [4.69, 9.17) is 14.2 Å². The van der Waals surface area contributed by atoms with Crippen molar-refractivity contribution in [2.24, 2.45) is 0 Å². The maximum atomic E-state index is 12.7. The van der Waals surface area contributed by atoms with E-state index in [2.05, 4.69) is 11.4 Å². The number of carbonyl (C=O) groups is 1. The van der Waals surface area contributed by atoms with Crippen molar-refractivity contribution in [2.45, 2.75) is 60.6 Å². The third-order valence-electron chi connectivity index (χ3n) is 4.86. The number of hydrogen-bond acceptors (Lipinski definition) is 4. The average molecular weight is 400 g/mol. The molecule has 2 atom stereocenters. The van der Waals surface area contributed by atoms with Crippen LogP contribution in [0, 0.1) is 20.8 Å². The van der Waals surface area contributed by atoms with Gasteiger partial charge in [-0.2, -0.15) is 0 Å². The number of benzene rings is 2. The van der Waals surface area contributed by atoms with E-state index in [0.717, 1.165) is 28.0 Å². The van der Waals surface area contributed by atoms with E-state index in [1.165, 1.54) is 0 Å². The molecule has 0 fully saturated rings. The summed E-state index contributed by atoms with van der Waals surface area (Å²) in [5.74, 6) is 1.97. The highest BCUT2D eigenvalue weighted by Crippen LogP contribution is 2.31. The van der Waals surface area contributed by atoms with Crippen LogP contribution in [0.15, 0.2) is 30.3 Å². The zero-order valence-corrected chi connectivity index (χ0v) is 18.6. The van der Waals surface area contributed by atoms with Gasteiger partial charge in [-0.3, -0.25) is 4.79 Å². The first-order chi connectivity index (χ1) is 13.8. The first-order valence-corrected chi connectivity index (χ1v) is 10.2. The van der Waals surface area contributed by atoms with Crippen molar-refractivity contribution < 1.29 is 19.0 Å². The predicted molar refractivity (Wildman–Crippen MR) is 116 cm³/mol. The SMILES string of the molecule is CCOc1ccc(C(C)NC(=O)C(C)Oc2cc(C)cc(C)c2C)cc1OCC. The maximum absolute atomic E-state index is 12.7. The van der Waals surface area contributed by atoms with E-state index in [1.54, 1.807) is 6.92 Å². The summed E-state index contributed by atoms with van der Waals surface area (Å²) in [5.41, 5.74) is 4.26. The summed E-state index contributed by atoms with van der Waals surface area (Å²) in [4.78, 5) is 12.7. The monoisotopic (exact) mass is 399 g/mol. The standard InChI is InChI=1S/C24H33NO4/c1-8-27-21-11-10-20(14-23(21)28-9-2)18(6)25-24(26)19(7)29-22-13-15(3)12-16(4)17(22)5/h10-14,18-19H,8-9H2,1-7H3,(H,25,26). The van der Waals surface area contributed by atoms with Crippen molar-refractivity contribution >= 4 is 5.91 Å². The number of hydrogen-bond donors (Lipinski definition) is 1. The number of amides is 1. The summed E-state index contributed by atoms with van der Waals surface area (Å²) in [7, 11) is 0. The first-order valence-electron chi connectivity index (χ1n) is 10.2. The molecule has 2 aromatic rings. The zero-order chi connectivity index (χ0) is 21.6. The first kappa shape index (κ1) is 22.6. The molecule has 29 heavy (non-hydrogen) atoms. The van der Waals surface area contributed by atoms with Gasteiger partial charge in [0.1, 0.15) is 5.75 Å². The van der Waals surface area contributed by atoms with Crippen LogP contribution in [0.5, 0.6) is 17.2 Å². The number of ether oxygens (including phenoxy) is 3. The molecule has 2 unspecified atom stereocenters. The Morgan fingerprint density at radius 3 is 2.24 bits per heavy atom. The molecule has 0 heterocycles. The van der Waals surface area contributed by atoms with Gasteiger partial charge in [0.25, 0.3) is 5.91 Å². The van der Waals surface area contributed by atoms with E-state index >= 15 is 0 Å². The molecule has 158 valence electrons. The van der Waals surface area contributed by atoms with Crippen LogP contribution >= 0.6 is 0 Å². The van der Waals surface area contributed by atoms with Crippen molar-refractivity contribution in [3.63, 3.8) is 0 Å². The quantitative estimate of drug-likeness (QED) is 0.641. The molecule has 0 spiro atoms. The molecule has 1 N–H and O–H groups in total. The molecule has 0 aromatic heterocycles. The van der Waals surface area contributed by atoms with E-state index in [0.29, 0.717) is 24.7 Å². The van der Waals surface area contributed by atoms with Crippen molar-refractivity contribution in [2.75, 3.05) is 13.2 Å². The van der Waals surface area contributed by atoms with Gasteiger partial charge in [-0.05, 0) is 88.9 Å². The summed E-state index contributed by atoms with van der Waals surface area (Å²) < 4.78 is 17.3. The molecule has 0 saturated carbocycles. The molecule has 2 aromatic carbocycles. The lowest BCUT2D eigenvalue weighted by molar-refractivity contribution is -0.127. The zero-order valence-electron chi connectivity index (χ0n) is 18.6. The minimum absolute atomic E-state index is 0.164. The smallest absolute Gasteiger partial charge is 0.261 e. The Hall–Kier alpha value is -2.69. The molecule has 5 heteroatoms. The fourth-order valence-electron chi connectivity index (χ4n) is 3.12. The predicted octanol–water partition coefficient (Wildman–Crippen LogP) is 5.05. The molecular weight excluding hydrogens is 366 g/mol. The second-order valence-corrected chi connectivity index (χ2v) is 7.27. The summed E-state index contributed by atoms with van der Waals surface area (Å²) >= 11 is 0. The van der Waals surface area contributed by atoms with Gasteiger partial charge in [-0.1, -0.05) is 12.1 Å². The molecule has 0 radical (unpaired) electrons. The topological polar surface area (TPSA) is 56.8 Å². The highest BCUT2D eigenvalue weighted by molar-refractivity contribution is 5.81. The summed E-state index contributed by atoms with van der Waals surface area (Å²) in [6.07, 6.45) is -0.605. The third-order valence-corrected chi connectivity index (χ3v) is 4.86. The van der Waals surface area contributed by atoms with E-state index in [1.807, 2.05) is 65.8 Å². The lowest BCUT2D eigenvalue weighted by Gasteiger charge is -2.21. The van der Waals surface area contributed by atoms with Crippen molar-refractivity contribution in [1.82, 2.24) is 5.32 Å². The van der Waals surface area contributed by atoms with Crippen molar-refractivity contribution in [3.05, 3.63) is 52.6 Å². The Labute approximate surface area is 174 Å². The summed E-state index contributed by atoms with van der Waals surface area (Å²) in [6.45, 7) is 14.8. The minimum atomic E-state index is -0.605. The molecular formula is C24H33NO4. The van der Waals surface area contributed by atoms with Gasteiger partial charge in [-0.15, -0.1) is 0 Å². The van der Waals surface area contributed by atoms with Crippen LogP contribution in [0.1, 0.15) is 56.0 Å². The second-order valence-electron chi connectivity index (χ2n) is 7.27. The van der Waals surface area contributed by atoms with Crippen LogP contribution in [0.25, 0.3) is 0 Å². The van der Waals surface area contributed by atoms with Crippen molar-refractivity contribution in [1.29, 1.82) is 0 Å². The number of rotatable bonds is 9. The van der Waals surface area contributed by atoms with Crippen molar-refractivity contribution in [3.8, 4) is 17.2 Å². The Bertz CT molecular complexity index is 847. The highest BCUT2D eigenvalue weighted by atomic mass is 16.5. The Kier molecular flexibility index (Phi) is 7.94. The minimum Gasteiger partial charge on any atom is -0.490 e. The molecule has 0 aliphatic heterocycles. The summed E-state index contributed by atoms with van der Waals surface area (Å²) in [5, 5.41) is 3.03. The average Bonchev–Trinajstić information content (AvgIpc) is 2.67. The lowest BCUT2D eigenvalue weighted by atomic mass is 10.1. The molecule has 0 saturated heterocycles. The van der Waals surface area contributed by atoms with Gasteiger partial charge in [-0.25, -0.2) is 0 Å². The number of nitrogens with one attached hydrogen (secondary N) is 1. The molecule has 0 aliphatic carbocycles. The van der Waals surface area contributed by atoms with Gasteiger partial charge in [0.05, 0.1) is 19.3 Å². The second kappa shape index (κ2) is 10.2. The van der Waals surface area contributed by atoms with Crippen LogP contribution in [0.3, 0.4) is 0 Å². The Morgan fingerprint density at radius 1 is 0.931 bits per heavy atom. The van der Waals surface area contributed by atoms with Gasteiger partial charge in [0, 0.05) is 0 Å². The fourth-order valence-corrected chi connectivity index (χ4v) is 3.12. The maximum Gasteiger partial charge on any atom is 0.261 e. The normalized spacial score (nSPS) is 12.8. The molecule has 5 nitrogen and oxygen atoms in total.